The van der Waals surface area contributed by atoms with Crippen LogP contribution in [0.5, 0.6) is 0 Å². The first-order valence-electron chi connectivity index (χ1n) is 4.92. The van der Waals surface area contributed by atoms with Crippen molar-refractivity contribution in [2.75, 3.05) is 0 Å². The van der Waals surface area contributed by atoms with Gasteiger partial charge < -0.3 is 0 Å². The summed E-state index contributed by atoms with van der Waals surface area (Å²) in [5, 5.41) is 0. The van der Waals surface area contributed by atoms with Gasteiger partial charge >= 0.3 is 0 Å². The number of hydrogen-bond donors (Lipinski definition) is 0. The molecule has 0 aliphatic rings. The van der Waals surface area contributed by atoms with Crippen LogP contribution < -0.4 is 0 Å². The maximum absolute atomic E-state index is 3.60. The summed E-state index contributed by atoms with van der Waals surface area (Å²) in [6.45, 7) is 0. The van der Waals surface area contributed by atoms with Crippen molar-refractivity contribution in [2.24, 2.45) is 0 Å². The summed E-state index contributed by atoms with van der Waals surface area (Å²) in [5.41, 5.74) is 0. The van der Waals surface area contributed by atoms with Gasteiger partial charge in [0.1, 0.15) is 0 Å². The van der Waals surface area contributed by atoms with Gasteiger partial charge in [-0.05, 0) is 127 Å². The summed E-state index contributed by atoms with van der Waals surface area (Å²) in [6, 6.07) is 6.33. The summed E-state index contributed by atoms with van der Waals surface area (Å²) in [4.78, 5) is 2.05. The molecule has 21 heavy (non-hydrogen) atoms. The molecule has 0 fully saturated rings. The standard InChI is InChI=1S/C12Br8S/c13-3-1-4(14)8(18)11(7(3)17)21-12-9(19)5(15)2-6(16)10(12)20. The number of rotatable bonds is 2. The average Bonchev–Trinajstić information content (AvgIpc) is 2.42. The quantitative estimate of drug-likeness (QED) is 0.273. The molecule has 9 heteroatoms. The molecule has 2 rings (SSSR count). The SMILES string of the molecule is Brc1[c]c(Br)c(Br)c(Sc2c(Br)c(Br)[c]c(Br)c2Br)c1Br. The van der Waals surface area contributed by atoms with E-state index in [0.717, 1.165) is 45.6 Å². The minimum absolute atomic E-state index is 0.855. The molecule has 0 aromatic heterocycles. The highest BCUT2D eigenvalue weighted by molar-refractivity contribution is 9.14. The van der Waals surface area contributed by atoms with Gasteiger partial charge in [0.05, 0.1) is 0 Å². The van der Waals surface area contributed by atoms with E-state index in [9.17, 15) is 0 Å². The Labute approximate surface area is 194 Å². The third kappa shape index (κ3) is 4.43. The van der Waals surface area contributed by atoms with E-state index in [0.29, 0.717) is 0 Å². The number of halogens is 8. The van der Waals surface area contributed by atoms with E-state index in [1.54, 1.807) is 11.8 Å². The molecule has 0 spiro atoms. The predicted octanol–water partition coefficient (Wildman–Crippen LogP) is 9.54. The lowest BCUT2D eigenvalue weighted by Crippen LogP contribution is -1.87. The van der Waals surface area contributed by atoms with Crippen LogP contribution in [0.4, 0.5) is 0 Å². The first kappa shape index (κ1) is 19.9. The van der Waals surface area contributed by atoms with Crippen LogP contribution in [0.3, 0.4) is 0 Å². The molecule has 0 unspecified atom stereocenters. The van der Waals surface area contributed by atoms with Gasteiger partial charge in [-0.25, -0.2) is 0 Å². The normalized spacial score (nSPS) is 11.0. The number of hydrogen-bond acceptors (Lipinski definition) is 1. The molecule has 0 nitrogen and oxygen atoms in total. The average molecular weight is 815 g/mol. The van der Waals surface area contributed by atoms with E-state index in [-0.39, 0.29) is 0 Å². The zero-order valence-electron chi connectivity index (χ0n) is 9.43. The van der Waals surface area contributed by atoms with Gasteiger partial charge in [0, 0.05) is 57.7 Å². The first-order chi connectivity index (χ1) is 9.73. The van der Waals surface area contributed by atoms with Gasteiger partial charge in [-0.2, -0.15) is 0 Å². The Kier molecular flexibility index (Phi) is 7.92. The Bertz CT molecular complexity index is 614. The second kappa shape index (κ2) is 8.34. The molecule has 2 radical (unpaired) electrons. The Morgan fingerprint density at radius 1 is 0.476 bits per heavy atom. The van der Waals surface area contributed by atoms with Crippen molar-refractivity contribution in [3.05, 3.63) is 47.9 Å². The molecule has 0 aliphatic carbocycles. The van der Waals surface area contributed by atoms with Gasteiger partial charge in [-0.1, -0.05) is 11.8 Å². The van der Waals surface area contributed by atoms with E-state index in [4.69, 9.17) is 0 Å². The lowest BCUT2D eigenvalue weighted by molar-refractivity contribution is 1.25. The largest absolute Gasteiger partial charge is 0.0852 e. The molecule has 2 aromatic carbocycles. The highest BCUT2D eigenvalue weighted by Crippen LogP contribution is 2.51. The van der Waals surface area contributed by atoms with Gasteiger partial charge in [-0.15, -0.1) is 0 Å². The molecule has 0 amide bonds. The van der Waals surface area contributed by atoms with Crippen molar-refractivity contribution >= 4 is 139 Å². The van der Waals surface area contributed by atoms with Crippen LogP contribution >= 0.6 is 139 Å². The molecule has 0 N–H and O–H groups in total. The molecule has 0 heterocycles. The fourth-order valence-corrected chi connectivity index (χ4v) is 7.59. The van der Waals surface area contributed by atoms with Crippen LogP contribution in [0.2, 0.25) is 0 Å². The third-order valence-electron chi connectivity index (χ3n) is 2.21. The van der Waals surface area contributed by atoms with Crippen LogP contribution in [0.25, 0.3) is 0 Å². The van der Waals surface area contributed by atoms with E-state index >= 15 is 0 Å². The van der Waals surface area contributed by atoms with Crippen molar-refractivity contribution in [2.45, 2.75) is 9.79 Å². The van der Waals surface area contributed by atoms with Gasteiger partial charge in [0.15, 0.2) is 0 Å². The molecule has 0 bridgehead atoms. The van der Waals surface area contributed by atoms with Crippen molar-refractivity contribution < 1.29 is 0 Å². The maximum Gasteiger partial charge on any atom is 0.0475 e. The summed E-state index contributed by atoms with van der Waals surface area (Å²) >= 11 is 30.0. The summed E-state index contributed by atoms with van der Waals surface area (Å²) in [6.07, 6.45) is 0. The molecule has 0 saturated heterocycles. The topological polar surface area (TPSA) is 0 Å². The molecule has 110 valence electrons. The second-order valence-corrected chi connectivity index (χ2v) is 10.9. The lowest BCUT2D eigenvalue weighted by atomic mass is 10.4. The zero-order valence-corrected chi connectivity index (χ0v) is 22.9. The van der Waals surface area contributed by atoms with Crippen molar-refractivity contribution in [3.63, 3.8) is 0 Å². The molecule has 0 atom stereocenters. The van der Waals surface area contributed by atoms with E-state index in [1.165, 1.54) is 0 Å². The fourth-order valence-electron chi connectivity index (χ4n) is 1.28. The van der Waals surface area contributed by atoms with Crippen LogP contribution in [0.15, 0.2) is 45.6 Å². The van der Waals surface area contributed by atoms with Crippen molar-refractivity contribution in [1.82, 2.24) is 0 Å². The Balaban J connectivity index is 2.64. The van der Waals surface area contributed by atoms with Crippen molar-refractivity contribution in [1.29, 1.82) is 0 Å². The maximum atomic E-state index is 3.60. The smallest absolute Gasteiger partial charge is 0.0475 e. The molecule has 0 saturated carbocycles. The summed E-state index contributed by atoms with van der Waals surface area (Å²) in [5.74, 6) is 0. The number of benzene rings is 2. The van der Waals surface area contributed by atoms with Crippen LogP contribution in [-0.4, -0.2) is 0 Å². The van der Waals surface area contributed by atoms with E-state index in [1.807, 2.05) is 0 Å². The Morgan fingerprint density at radius 3 is 0.952 bits per heavy atom. The minimum atomic E-state index is 0.855. The summed E-state index contributed by atoms with van der Waals surface area (Å²) in [7, 11) is 0. The van der Waals surface area contributed by atoms with E-state index < -0.39 is 0 Å². The van der Waals surface area contributed by atoms with Crippen LogP contribution in [0.1, 0.15) is 0 Å². The predicted molar refractivity (Wildman–Crippen MR) is 116 cm³/mol. The molecular formula is C12Br8S. The minimum Gasteiger partial charge on any atom is -0.0852 e. The highest BCUT2D eigenvalue weighted by atomic mass is 79.9. The van der Waals surface area contributed by atoms with E-state index in [2.05, 4.69) is 140 Å². The molecular weight excluding hydrogens is 815 g/mol. The second-order valence-electron chi connectivity index (χ2n) is 3.52. The highest BCUT2D eigenvalue weighted by Gasteiger charge is 2.19. The van der Waals surface area contributed by atoms with Gasteiger partial charge in [-0.3, -0.25) is 0 Å². The Hall–Kier alpha value is 2.63. The van der Waals surface area contributed by atoms with Crippen LogP contribution in [-0.2, 0) is 0 Å². The zero-order chi connectivity index (χ0) is 15.9. The molecule has 0 aliphatic heterocycles. The summed E-state index contributed by atoms with van der Waals surface area (Å²) < 4.78 is 7.15. The van der Waals surface area contributed by atoms with Crippen molar-refractivity contribution in [3.8, 4) is 0 Å². The van der Waals surface area contributed by atoms with Gasteiger partial charge in [0.2, 0.25) is 0 Å². The fraction of sp³-hybridized carbons (Fsp3) is 0. The lowest BCUT2D eigenvalue weighted by Gasteiger charge is -2.14. The van der Waals surface area contributed by atoms with Crippen LogP contribution in [0, 0.1) is 12.1 Å². The third-order valence-corrected chi connectivity index (χ3v) is 12.2. The first-order valence-corrected chi connectivity index (χ1v) is 12.1. The monoisotopic (exact) mass is 807 g/mol. The van der Waals surface area contributed by atoms with Gasteiger partial charge in [0.25, 0.3) is 0 Å². The Morgan fingerprint density at radius 2 is 0.714 bits per heavy atom. The molecule has 2 aromatic rings.